The van der Waals surface area contributed by atoms with Crippen molar-refractivity contribution in [2.75, 3.05) is 32.8 Å². The summed E-state index contributed by atoms with van der Waals surface area (Å²) in [5.41, 5.74) is 1.25. The Hall–Kier alpha value is -3.16. The summed E-state index contributed by atoms with van der Waals surface area (Å²) in [5.74, 6) is -1.46. The SMILES string of the molecule is CCOC(=O)C1=C(CN2CCOC(C(=O)O)C2)NC(c2ncn(C)n2)=NC1c1ccc(F)cc1Br. The zero-order chi connectivity index (χ0) is 25.1. The molecular formula is C22H24BrFN6O5. The highest BCUT2D eigenvalue weighted by Gasteiger charge is 2.36. The molecule has 4 rings (SSSR count). The van der Waals surface area contributed by atoms with Crippen molar-refractivity contribution in [3.63, 3.8) is 0 Å². The van der Waals surface area contributed by atoms with Crippen molar-refractivity contribution in [1.29, 1.82) is 0 Å². The number of benzene rings is 1. The number of carboxylic acids is 1. The van der Waals surface area contributed by atoms with Crippen molar-refractivity contribution in [1.82, 2.24) is 25.0 Å². The summed E-state index contributed by atoms with van der Waals surface area (Å²) in [7, 11) is 1.72. The van der Waals surface area contributed by atoms with E-state index in [2.05, 4.69) is 31.3 Å². The molecule has 0 amide bonds. The zero-order valence-electron chi connectivity index (χ0n) is 19.1. The molecule has 2 unspecified atom stereocenters. The summed E-state index contributed by atoms with van der Waals surface area (Å²) in [6, 6.07) is 3.29. The minimum atomic E-state index is -1.06. The third-order valence-electron chi connectivity index (χ3n) is 5.50. The Morgan fingerprint density at radius 3 is 2.86 bits per heavy atom. The van der Waals surface area contributed by atoms with Gasteiger partial charge in [0, 0.05) is 36.9 Å². The van der Waals surface area contributed by atoms with Crippen LogP contribution in [-0.2, 0) is 26.1 Å². The molecule has 2 atom stereocenters. The van der Waals surface area contributed by atoms with Crippen LogP contribution in [0.4, 0.5) is 4.39 Å². The minimum Gasteiger partial charge on any atom is -0.479 e. The summed E-state index contributed by atoms with van der Waals surface area (Å²) in [6.07, 6.45) is 0.540. The van der Waals surface area contributed by atoms with E-state index in [1.807, 2.05) is 4.90 Å². The Morgan fingerprint density at radius 2 is 2.20 bits per heavy atom. The number of aryl methyl sites for hydroxylation is 1. The molecule has 13 heteroatoms. The number of aliphatic carboxylic acids is 1. The molecule has 0 spiro atoms. The largest absolute Gasteiger partial charge is 0.479 e. The first kappa shape index (κ1) is 24.9. The lowest BCUT2D eigenvalue weighted by Crippen LogP contribution is -2.48. The second-order valence-corrected chi connectivity index (χ2v) is 8.81. The normalized spacial score (nSPS) is 20.9. The number of hydrogen-bond acceptors (Lipinski definition) is 9. The van der Waals surface area contributed by atoms with Gasteiger partial charge in [-0.1, -0.05) is 22.0 Å². The number of rotatable bonds is 7. The van der Waals surface area contributed by atoms with E-state index in [1.54, 1.807) is 20.0 Å². The second-order valence-electron chi connectivity index (χ2n) is 7.96. The monoisotopic (exact) mass is 550 g/mol. The van der Waals surface area contributed by atoms with Gasteiger partial charge >= 0.3 is 11.9 Å². The molecule has 1 aromatic carbocycles. The van der Waals surface area contributed by atoms with Crippen LogP contribution >= 0.6 is 15.9 Å². The first-order chi connectivity index (χ1) is 16.8. The van der Waals surface area contributed by atoms with Crippen molar-refractivity contribution in [2.45, 2.75) is 19.1 Å². The van der Waals surface area contributed by atoms with Gasteiger partial charge in [-0.25, -0.2) is 19.0 Å². The predicted octanol–water partition coefficient (Wildman–Crippen LogP) is 1.41. The number of carbonyl (C=O) groups excluding carboxylic acids is 1. The third-order valence-corrected chi connectivity index (χ3v) is 6.18. The maximum atomic E-state index is 13.9. The highest BCUT2D eigenvalue weighted by molar-refractivity contribution is 9.10. The molecule has 2 aliphatic rings. The number of ether oxygens (including phenoxy) is 2. The molecule has 2 aliphatic heterocycles. The molecule has 1 saturated heterocycles. The number of hydrogen-bond donors (Lipinski definition) is 2. The zero-order valence-corrected chi connectivity index (χ0v) is 20.7. The Balaban J connectivity index is 1.80. The lowest BCUT2D eigenvalue weighted by atomic mass is 9.95. The smallest absolute Gasteiger partial charge is 0.338 e. The number of esters is 1. The number of carbonyl (C=O) groups is 2. The molecule has 35 heavy (non-hydrogen) atoms. The molecule has 1 aromatic heterocycles. The Labute approximate surface area is 208 Å². The standard InChI is InChI=1S/C22H24BrFN6O5/c1-3-34-22(33)17-15(9-30-6-7-35-16(10-30)21(31)32)26-20(19-25-11-29(2)28-19)27-18(17)13-5-4-12(24)8-14(13)23/h4-5,8,11,16,18H,3,6-7,9-10H2,1-2H3,(H,26,27)(H,31,32). The Bertz CT molecular complexity index is 1200. The van der Waals surface area contributed by atoms with Gasteiger partial charge in [-0.3, -0.25) is 14.6 Å². The van der Waals surface area contributed by atoms with Gasteiger partial charge in [0.05, 0.1) is 18.8 Å². The van der Waals surface area contributed by atoms with Gasteiger partial charge < -0.3 is 19.9 Å². The van der Waals surface area contributed by atoms with Crippen LogP contribution in [-0.4, -0.2) is 81.5 Å². The van der Waals surface area contributed by atoms with Crippen LogP contribution in [0.3, 0.4) is 0 Å². The molecule has 0 bridgehead atoms. The molecule has 2 N–H and O–H groups in total. The molecule has 0 radical (unpaired) electrons. The van der Waals surface area contributed by atoms with E-state index in [-0.39, 0.29) is 31.9 Å². The molecule has 0 aliphatic carbocycles. The van der Waals surface area contributed by atoms with Gasteiger partial charge in [-0.2, -0.15) is 0 Å². The van der Waals surface area contributed by atoms with Crippen LogP contribution in [0.1, 0.15) is 24.4 Å². The van der Waals surface area contributed by atoms with Gasteiger partial charge in [0.2, 0.25) is 5.82 Å². The molecular weight excluding hydrogens is 527 g/mol. The summed E-state index contributed by atoms with van der Waals surface area (Å²) in [6.45, 7) is 2.87. The average molecular weight is 551 g/mol. The van der Waals surface area contributed by atoms with Crippen molar-refractivity contribution < 1.29 is 28.6 Å². The van der Waals surface area contributed by atoms with Gasteiger partial charge in [-0.15, -0.1) is 5.10 Å². The maximum Gasteiger partial charge on any atom is 0.338 e. The number of nitrogens with zero attached hydrogens (tertiary/aromatic N) is 5. The number of aromatic nitrogens is 3. The van der Waals surface area contributed by atoms with Crippen molar-refractivity contribution >= 4 is 33.7 Å². The predicted molar refractivity (Wildman–Crippen MR) is 125 cm³/mol. The molecule has 0 saturated carbocycles. The lowest BCUT2D eigenvalue weighted by molar-refractivity contribution is -0.155. The topological polar surface area (TPSA) is 131 Å². The fourth-order valence-electron chi connectivity index (χ4n) is 3.90. The average Bonchev–Trinajstić information content (AvgIpc) is 3.25. The number of halogens is 2. The summed E-state index contributed by atoms with van der Waals surface area (Å²) < 4.78 is 26.5. The number of aliphatic imine (C=N–C) groups is 1. The summed E-state index contributed by atoms with van der Waals surface area (Å²) >= 11 is 3.39. The fraction of sp³-hybridized carbons (Fsp3) is 0.409. The van der Waals surface area contributed by atoms with Gasteiger partial charge in [0.15, 0.2) is 11.9 Å². The van der Waals surface area contributed by atoms with Gasteiger partial charge in [0.1, 0.15) is 18.2 Å². The summed E-state index contributed by atoms with van der Waals surface area (Å²) in [5, 5.41) is 16.9. The van der Waals surface area contributed by atoms with E-state index in [1.165, 1.54) is 23.1 Å². The van der Waals surface area contributed by atoms with E-state index >= 15 is 0 Å². The van der Waals surface area contributed by atoms with E-state index in [9.17, 15) is 19.1 Å². The first-order valence-electron chi connectivity index (χ1n) is 10.9. The van der Waals surface area contributed by atoms with E-state index < -0.39 is 29.9 Å². The Morgan fingerprint density at radius 1 is 1.40 bits per heavy atom. The summed E-state index contributed by atoms with van der Waals surface area (Å²) in [4.78, 5) is 35.5. The van der Waals surface area contributed by atoms with Crippen LogP contribution in [0, 0.1) is 5.82 Å². The van der Waals surface area contributed by atoms with Gasteiger partial charge in [-0.05, 0) is 24.6 Å². The van der Waals surface area contributed by atoms with E-state index in [4.69, 9.17) is 14.5 Å². The van der Waals surface area contributed by atoms with Crippen LogP contribution in [0.25, 0.3) is 0 Å². The molecule has 1 fully saturated rings. The number of carboxylic acid groups (broad SMARTS) is 1. The first-order valence-corrected chi connectivity index (χ1v) is 11.7. The Kier molecular flexibility index (Phi) is 7.57. The highest BCUT2D eigenvalue weighted by Crippen LogP contribution is 2.36. The second kappa shape index (κ2) is 10.6. The number of morpholine rings is 1. The highest BCUT2D eigenvalue weighted by atomic mass is 79.9. The van der Waals surface area contributed by atoms with Crippen LogP contribution in [0.15, 0.2) is 45.3 Å². The van der Waals surface area contributed by atoms with E-state index in [0.717, 1.165) is 0 Å². The van der Waals surface area contributed by atoms with Gasteiger partial charge in [0.25, 0.3) is 0 Å². The van der Waals surface area contributed by atoms with Crippen molar-refractivity contribution in [2.24, 2.45) is 12.0 Å². The maximum absolute atomic E-state index is 13.9. The molecule has 186 valence electrons. The fourth-order valence-corrected chi connectivity index (χ4v) is 4.47. The third kappa shape index (κ3) is 5.57. The molecule has 2 aromatic rings. The van der Waals surface area contributed by atoms with Crippen molar-refractivity contribution in [3.05, 3.63) is 57.5 Å². The quantitative estimate of drug-likeness (QED) is 0.491. The van der Waals surface area contributed by atoms with E-state index in [0.29, 0.717) is 33.9 Å². The van der Waals surface area contributed by atoms with Crippen molar-refractivity contribution in [3.8, 4) is 0 Å². The lowest BCUT2D eigenvalue weighted by Gasteiger charge is -2.34. The van der Waals surface area contributed by atoms with Crippen LogP contribution in [0.2, 0.25) is 0 Å². The van der Waals surface area contributed by atoms with Crippen LogP contribution in [0.5, 0.6) is 0 Å². The molecule has 3 heterocycles. The number of nitrogens with one attached hydrogen (secondary N) is 1. The molecule has 11 nitrogen and oxygen atoms in total. The van der Waals surface area contributed by atoms with Crippen LogP contribution < -0.4 is 5.32 Å². The minimum absolute atomic E-state index is 0.135. The number of amidine groups is 1.